The van der Waals surface area contributed by atoms with Crippen LogP contribution in [0.1, 0.15) is 74.8 Å². The van der Waals surface area contributed by atoms with Crippen LogP contribution in [-0.2, 0) is 25.6 Å². The number of carbonyl (C=O) groups excluding carboxylic acids is 2. The van der Waals surface area contributed by atoms with Gasteiger partial charge in [-0.1, -0.05) is 81.1 Å². The van der Waals surface area contributed by atoms with Crippen LogP contribution in [0.25, 0.3) is 5.57 Å². The zero-order valence-electron chi connectivity index (χ0n) is 39.0. The second kappa shape index (κ2) is 29.4. The maximum absolute atomic E-state index is 13.7. The molecule has 2 unspecified atom stereocenters. The molecule has 0 fully saturated rings. The minimum absolute atomic E-state index is 0.0114. The lowest BCUT2D eigenvalue weighted by Gasteiger charge is -2.27. The number of hydrogen-bond donors (Lipinski definition) is 3. The summed E-state index contributed by atoms with van der Waals surface area (Å²) in [6, 6.07) is 27.7. The Morgan fingerprint density at radius 1 is 0.970 bits per heavy atom. The Morgan fingerprint density at radius 2 is 1.71 bits per heavy atom. The number of likely N-dealkylation sites (N-methyl/N-ethyl adjacent to an activating group) is 1. The van der Waals surface area contributed by atoms with E-state index in [0.29, 0.717) is 87.7 Å². The molecule has 6 rings (SSSR count). The molecule has 14 heteroatoms. The first-order chi connectivity index (χ1) is 32.3. The van der Waals surface area contributed by atoms with Crippen LogP contribution >= 0.6 is 0 Å². The third-order valence-corrected chi connectivity index (χ3v) is 10.7. The topological polar surface area (TPSA) is 125 Å². The second-order valence-corrected chi connectivity index (χ2v) is 15.1. The van der Waals surface area contributed by atoms with Gasteiger partial charge >= 0.3 is 7.27 Å². The third-order valence-electron chi connectivity index (χ3n) is 10.7. The fourth-order valence-corrected chi connectivity index (χ4v) is 7.48. The number of benzene rings is 3. The molecule has 2 aliphatic rings. The fraction of sp³-hybridized carbons (Fsp3) is 0.365. The van der Waals surface area contributed by atoms with E-state index in [0.717, 1.165) is 52.5 Å². The Morgan fingerprint density at radius 3 is 2.41 bits per heavy atom. The molecule has 3 N–H and O–H groups in total. The number of nitrogens with zero attached hydrogens (tertiary/aromatic N) is 1. The monoisotopic (exact) mass is 907 g/mol. The molecule has 0 spiro atoms. The van der Waals surface area contributed by atoms with Gasteiger partial charge in [0.15, 0.2) is 17.2 Å². The number of H-pyrrole nitrogens is 1. The van der Waals surface area contributed by atoms with E-state index in [1.165, 1.54) is 0 Å². The lowest BCUT2D eigenvalue weighted by Crippen LogP contribution is -2.67. The number of allylic oxidation sites excluding steroid dienone is 6. The summed E-state index contributed by atoms with van der Waals surface area (Å²) in [6.45, 7) is 13.7. The highest BCUT2D eigenvalue weighted by atomic mass is 19.2. The largest absolute Gasteiger partial charge is 0.549 e. The first-order valence-corrected chi connectivity index (χ1v) is 22.6. The number of aromatic amines is 1. The molecule has 11 nitrogen and oxygen atoms in total. The summed E-state index contributed by atoms with van der Waals surface area (Å²) >= 11 is 0. The lowest BCUT2D eigenvalue weighted by molar-refractivity contribution is -0.387. The summed E-state index contributed by atoms with van der Waals surface area (Å²) in [5.41, 5.74) is 6.35. The molecule has 0 saturated carbocycles. The molecule has 1 amide bonds. The number of halogens is 2. The van der Waals surface area contributed by atoms with Crippen molar-refractivity contribution in [3.63, 3.8) is 0 Å². The first kappa shape index (κ1) is 52.5. The van der Waals surface area contributed by atoms with Gasteiger partial charge in [0, 0.05) is 74.1 Å². The minimum atomic E-state index is -2.56. The SMILES string of the molecule is C=C(/C=C1/C=CC(CCC=O)=[NH+]1)C(B(F)F)/C(=C\C)c1ccc[nH]1.CC.CNCCOCCOCCC(=O)N(CCC(c1ccc2c(c1)OCO2)c1ccccc1OC)Cc1ccccc1. The van der Waals surface area contributed by atoms with Crippen LogP contribution in [0.2, 0.25) is 5.82 Å². The van der Waals surface area contributed by atoms with Crippen molar-refractivity contribution < 1.29 is 46.9 Å². The van der Waals surface area contributed by atoms with Crippen LogP contribution in [0.4, 0.5) is 8.63 Å². The number of methoxy groups -OCH3 is 1. The summed E-state index contributed by atoms with van der Waals surface area (Å²) in [5.74, 6) is 1.26. The number of aromatic nitrogens is 1. The fourth-order valence-electron chi connectivity index (χ4n) is 7.48. The van der Waals surface area contributed by atoms with Gasteiger partial charge in [-0.15, -0.1) is 0 Å². The maximum Gasteiger partial charge on any atom is 0.549 e. The van der Waals surface area contributed by atoms with Crippen LogP contribution < -0.4 is 24.5 Å². The number of ether oxygens (including phenoxy) is 5. The molecule has 0 saturated heterocycles. The van der Waals surface area contributed by atoms with E-state index >= 15 is 0 Å². The molecular weight excluding hydrogens is 841 g/mol. The van der Waals surface area contributed by atoms with Gasteiger partial charge in [0.1, 0.15) is 12.0 Å². The number of nitrogens with one attached hydrogen (secondary N) is 3. The van der Waals surface area contributed by atoms with Crippen LogP contribution in [0, 0.1) is 0 Å². The van der Waals surface area contributed by atoms with Crippen LogP contribution in [0.3, 0.4) is 0 Å². The van der Waals surface area contributed by atoms with Gasteiger partial charge in [0.2, 0.25) is 18.4 Å². The predicted octanol–water partition coefficient (Wildman–Crippen LogP) is 8.37. The molecule has 2 atom stereocenters. The van der Waals surface area contributed by atoms with Gasteiger partial charge in [-0.05, 0) is 73.0 Å². The number of hydrogen-bond acceptors (Lipinski definition) is 8. The number of para-hydroxylation sites is 1. The molecular formula is C52H66BF2N4O7+. The minimum Gasteiger partial charge on any atom is -0.496 e. The molecule has 0 radical (unpaired) electrons. The second-order valence-electron chi connectivity index (χ2n) is 15.1. The molecule has 1 aromatic heterocycles. The Balaban J connectivity index is 0.000000313. The molecule has 4 aromatic rings. The average molecular weight is 908 g/mol. The van der Waals surface area contributed by atoms with Crippen molar-refractivity contribution in [2.45, 2.75) is 64.7 Å². The van der Waals surface area contributed by atoms with E-state index in [-0.39, 0.29) is 18.6 Å². The van der Waals surface area contributed by atoms with Crippen molar-refractivity contribution in [2.75, 3.05) is 60.5 Å². The van der Waals surface area contributed by atoms with Crippen molar-refractivity contribution in [3.05, 3.63) is 156 Å². The zero-order valence-corrected chi connectivity index (χ0v) is 39.0. The number of amides is 1. The van der Waals surface area contributed by atoms with E-state index in [1.54, 1.807) is 50.6 Å². The number of carbonyl (C=O) groups is 2. The van der Waals surface area contributed by atoms with Crippen molar-refractivity contribution in [1.29, 1.82) is 0 Å². The van der Waals surface area contributed by atoms with Gasteiger partial charge in [0.05, 0.1) is 45.8 Å². The number of aldehydes is 1. The molecule has 3 heterocycles. The Labute approximate surface area is 389 Å². The quantitative estimate of drug-likeness (QED) is 0.0345. The smallest absolute Gasteiger partial charge is 0.496 e. The standard InChI is InChI=1S/C32H40N2O6.C18H19BF2N2O.C2H6/c1-33-16-19-38-21-20-37-18-15-32(35)34(23-25-8-4-3-5-9-25)17-14-27(28-10-6-7-11-29(28)36-2)26-12-13-30-31(22-26)40-24-39-30;1-3-16(17-7-4-10-22-17)18(19(20)21)13(2)12-15-9-8-14(23-15)6-5-11-24;1-2/h3-13,22,27,33H,14-21,23-24H2,1-2H3;3-4,7-12,18,22H,2,5-6H2,1H3;1-2H3/p+1/b;15-12-,16-3-;. The van der Waals surface area contributed by atoms with Gasteiger partial charge < -0.3 is 43.7 Å². The Hall–Kier alpha value is -6.09. The van der Waals surface area contributed by atoms with E-state index in [2.05, 4.69) is 46.1 Å². The normalized spacial score (nSPS) is 14.0. The highest BCUT2D eigenvalue weighted by Gasteiger charge is 2.34. The zero-order chi connectivity index (χ0) is 47.5. The van der Waals surface area contributed by atoms with Crippen molar-refractivity contribution in [3.8, 4) is 17.2 Å². The molecule has 0 aliphatic carbocycles. The van der Waals surface area contributed by atoms with Crippen LogP contribution in [0.15, 0.2) is 133 Å². The van der Waals surface area contributed by atoms with Crippen LogP contribution in [-0.4, -0.2) is 95.5 Å². The number of fused-ring (bicyclic) bond motifs is 1. The van der Waals surface area contributed by atoms with Gasteiger partial charge in [0.25, 0.3) is 0 Å². The van der Waals surface area contributed by atoms with E-state index < -0.39 is 13.1 Å². The summed E-state index contributed by atoms with van der Waals surface area (Å²) < 4.78 is 55.5. The lowest BCUT2D eigenvalue weighted by atomic mass is 9.67. The van der Waals surface area contributed by atoms with Crippen molar-refractivity contribution in [1.82, 2.24) is 15.2 Å². The van der Waals surface area contributed by atoms with Gasteiger partial charge in [-0.25, -0.2) is 4.99 Å². The molecule has 2 aliphatic heterocycles. The van der Waals surface area contributed by atoms with Crippen molar-refractivity contribution in [2.24, 2.45) is 0 Å². The van der Waals surface area contributed by atoms with Gasteiger partial charge in [-0.3, -0.25) is 13.4 Å². The van der Waals surface area contributed by atoms with E-state index in [9.17, 15) is 18.2 Å². The molecule has 352 valence electrons. The Kier molecular flexibility index (Phi) is 23.4. The Bertz CT molecular complexity index is 2210. The number of rotatable bonds is 25. The first-order valence-electron chi connectivity index (χ1n) is 22.6. The molecule has 0 bridgehead atoms. The summed E-state index contributed by atoms with van der Waals surface area (Å²) in [4.78, 5) is 31.9. The van der Waals surface area contributed by atoms with E-state index in [4.69, 9.17) is 23.7 Å². The maximum atomic E-state index is 13.7. The third kappa shape index (κ3) is 16.4. The molecule has 3 aromatic carbocycles. The van der Waals surface area contributed by atoms with E-state index in [1.807, 2.05) is 80.4 Å². The van der Waals surface area contributed by atoms with Crippen LogP contribution in [0.5, 0.6) is 17.2 Å². The summed E-state index contributed by atoms with van der Waals surface area (Å²) in [5, 5.41) is 3.04. The van der Waals surface area contributed by atoms with Crippen molar-refractivity contribution >= 4 is 30.7 Å². The van der Waals surface area contributed by atoms with Gasteiger partial charge in [-0.2, -0.15) is 0 Å². The summed E-state index contributed by atoms with van der Waals surface area (Å²) in [6.07, 6.45) is 11.6. The predicted molar refractivity (Wildman–Crippen MR) is 259 cm³/mol. The average Bonchev–Trinajstić information content (AvgIpc) is 4.15. The summed E-state index contributed by atoms with van der Waals surface area (Å²) in [7, 11) is 1.01. The molecule has 66 heavy (non-hydrogen) atoms. The highest BCUT2D eigenvalue weighted by Crippen LogP contribution is 2.40. The highest BCUT2D eigenvalue weighted by molar-refractivity contribution is 6.49.